The van der Waals surface area contributed by atoms with E-state index in [-0.39, 0.29) is 19.2 Å². The third-order valence-corrected chi connectivity index (χ3v) is 3.85. The molecule has 118 valence electrons. The summed E-state index contributed by atoms with van der Waals surface area (Å²) < 4.78 is 43.1. The van der Waals surface area contributed by atoms with Gasteiger partial charge in [0.25, 0.3) is 0 Å². The molecular weight excluding hydrogens is 305 g/mol. The van der Waals surface area contributed by atoms with E-state index in [4.69, 9.17) is 4.74 Å². The van der Waals surface area contributed by atoms with Crippen LogP contribution in [0.1, 0.15) is 18.4 Å². The van der Waals surface area contributed by atoms with Crippen molar-refractivity contribution in [3.8, 4) is 0 Å². The first-order chi connectivity index (χ1) is 9.94. The predicted molar refractivity (Wildman–Crippen MR) is 73.2 cm³/mol. The van der Waals surface area contributed by atoms with E-state index >= 15 is 0 Å². The number of alkyl halides is 3. The van der Waals surface area contributed by atoms with Gasteiger partial charge in [-0.05, 0) is 35.2 Å². The lowest BCUT2D eigenvalue weighted by molar-refractivity contribution is -0.140. The van der Waals surface area contributed by atoms with Gasteiger partial charge in [-0.2, -0.15) is 24.5 Å². The Morgan fingerprint density at radius 2 is 2.33 bits per heavy atom. The number of rotatable bonds is 5. The molecule has 0 bridgehead atoms. The molecule has 1 aromatic rings. The molecule has 1 atom stereocenters. The Balaban J connectivity index is 1.91. The summed E-state index contributed by atoms with van der Waals surface area (Å²) in [4.78, 5) is 12.7. The van der Waals surface area contributed by atoms with Gasteiger partial charge < -0.3 is 15.0 Å². The van der Waals surface area contributed by atoms with E-state index in [1.54, 1.807) is 16.8 Å². The zero-order chi connectivity index (χ0) is 15.3. The Hall–Kier alpha value is -1.28. The largest absolute Gasteiger partial charge is 0.406 e. The molecule has 1 aromatic heterocycles. The minimum atomic E-state index is -4.42. The number of hydrogen-bond acceptors (Lipinski definition) is 3. The van der Waals surface area contributed by atoms with Gasteiger partial charge in [0.05, 0.1) is 6.10 Å². The number of hydrogen-bond donors (Lipinski definition) is 1. The Morgan fingerprint density at radius 3 is 2.90 bits per heavy atom. The van der Waals surface area contributed by atoms with Crippen LogP contribution in [0.15, 0.2) is 16.8 Å². The molecule has 0 saturated carbocycles. The van der Waals surface area contributed by atoms with Gasteiger partial charge in [-0.1, -0.05) is 0 Å². The van der Waals surface area contributed by atoms with E-state index in [1.165, 1.54) is 11.3 Å². The van der Waals surface area contributed by atoms with Crippen molar-refractivity contribution in [2.45, 2.75) is 31.7 Å². The predicted octanol–water partition coefficient (Wildman–Crippen LogP) is 3.00. The van der Waals surface area contributed by atoms with Crippen LogP contribution in [0.5, 0.6) is 0 Å². The average molecular weight is 322 g/mol. The summed E-state index contributed by atoms with van der Waals surface area (Å²) in [5.41, 5.74) is 0.691. The van der Waals surface area contributed by atoms with Gasteiger partial charge in [-0.3, -0.25) is 0 Å². The molecule has 0 aliphatic carbocycles. The van der Waals surface area contributed by atoms with Crippen LogP contribution in [0.3, 0.4) is 0 Å². The third-order valence-electron chi connectivity index (χ3n) is 3.12. The van der Waals surface area contributed by atoms with E-state index < -0.39 is 18.8 Å². The van der Waals surface area contributed by atoms with Gasteiger partial charge in [0.15, 0.2) is 0 Å². The summed E-state index contributed by atoms with van der Waals surface area (Å²) in [7, 11) is 0. The molecule has 1 aliphatic heterocycles. The molecule has 0 aromatic carbocycles. The SMILES string of the molecule is O=C(NCC1CCCO1)N(Cc1ccsc1)CC(F)(F)F. The lowest BCUT2D eigenvalue weighted by Gasteiger charge is -2.24. The molecule has 1 unspecified atom stereocenters. The molecule has 0 radical (unpaired) electrons. The van der Waals surface area contributed by atoms with Gasteiger partial charge >= 0.3 is 12.2 Å². The number of nitrogens with one attached hydrogen (secondary N) is 1. The monoisotopic (exact) mass is 322 g/mol. The summed E-state index contributed by atoms with van der Waals surface area (Å²) in [6.07, 6.45) is -2.77. The first kappa shape index (κ1) is 16.1. The molecule has 0 spiro atoms. The fourth-order valence-corrected chi connectivity index (χ4v) is 2.80. The number of nitrogens with zero attached hydrogens (tertiary/aromatic N) is 1. The van der Waals surface area contributed by atoms with Gasteiger partial charge in [-0.15, -0.1) is 0 Å². The van der Waals surface area contributed by atoms with E-state index in [9.17, 15) is 18.0 Å². The third kappa shape index (κ3) is 5.55. The fraction of sp³-hybridized carbons (Fsp3) is 0.615. The van der Waals surface area contributed by atoms with Crippen LogP contribution in [-0.4, -0.2) is 42.9 Å². The molecule has 1 N–H and O–H groups in total. The van der Waals surface area contributed by atoms with Crippen molar-refractivity contribution in [3.05, 3.63) is 22.4 Å². The highest BCUT2D eigenvalue weighted by molar-refractivity contribution is 7.07. The zero-order valence-electron chi connectivity index (χ0n) is 11.4. The van der Waals surface area contributed by atoms with E-state index in [2.05, 4.69) is 5.32 Å². The highest BCUT2D eigenvalue weighted by Crippen LogP contribution is 2.19. The molecule has 21 heavy (non-hydrogen) atoms. The van der Waals surface area contributed by atoms with Crippen LogP contribution in [0.4, 0.5) is 18.0 Å². The number of amides is 2. The molecule has 1 aliphatic rings. The van der Waals surface area contributed by atoms with Gasteiger partial charge in [0.2, 0.25) is 0 Å². The van der Waals surface area contributed by atoms with Crippen molar-refractivity contribution >= 4 is 17.4 Å². The van der Waals surface area contributed by atoms with Gasteiger partial charge in [-0.25, -0.2) is 4.79 Å². The molecular formula is C13H17F3N2O2S. The summed E-state index contributed by atoms with van der Waals surface area (Å²) in [6, 6.07) is 0.996. The summed E-state index contributed by atoms with van der Waals surface area (Å²) in [6.45, 7) is -0.431. The average Bonchev–Trinajstić information content (AvgIpc) is 3.06. The lowest BCUT2D eigenvalue weighted by atomic mass is 10.2. The maximum absolute atomic E-state index is 12.6. The molecule has 4 nitrogen and oxygen atoms in total. The molecule has 2 amide bonds. The number of urea groups is 1. The minimum Gasteiger partial charge on any atom is -0.376 e. The molecule has 2 rings (SSSR count). The second kappa shape index (κ2) is 7.13. The van der Waals surface area contributed by atoms with Crippen LogP contribution < -0.4 is 5.32 Å². The second-order valence-corrected chi connectivity index (χ2v) is 5.70. The standard InChI is InChI=1S/C13H17F3N2O2S/c14-13(15,16)9-18(7-10-3-5-21-8-10)12(19)17-6-11-2-1-4-20-11/h3,5,8,11H,1-2,4,6-7,9H2,(H,17,19). The van der Waals surface area contributed by atoms with Crippen molar-refractivity contribution in [2.24, 2.45) is 0 Å². The number of thiophene rings is 1. The smallest absolute Gasteiger partial charge is 0.376 e. The van der Waals surface area contributed by atoms with Crippen LogP contribution in [0, 0.1) is 0 Å². The second-order valence-electron chi connectivity index (χ2n) is 4.92. The Morgan fingerprint density at radius 1 is 1.52 bits per heavy atom. The highest BCUT2D eigenvalue weighted by atomic mass is 32.1. The first-order valence-corrected chi connectivity index (χ1v) is 7.60. The lowest BCUT2D eigenvalue weighted by Crippen LogP contribution is -2.46. The van der Waals surface area contributed by atoms with E-state index in [0.717, 1.165) is 17.7 Å². The summed E-state index contributed by atoms with van der Waals surface area (Å²) in [5.74, 6) is 0. The Bertz CT molecular complexity index is 445. The Kier molecular flexibility index (Phi) is 5.46. The maximum atomic E-state index is 12.6. The molecule has 1 saturated heterocycles. The van der Waals surface area contributed by atoms with Crippen LogP contribution in [-0.2, 0) is 11.3 Å². The number of carbonyl (C=O) groups is 1. The molecule has 8 heteroatoms. The van der Waals surface area contributed by atoms with Crippen LogP contribution in [0.25, 0.3) is 0 Å². The topological polar surface area (TPSA) is 41.6 Å². The van der Waals surface area contributed by atoms with E-state index in [1.807, 2.05) is 0 Å². The van der Waals surface area contributed by atoms with Crippen molar-refractivity contribution in [2.75, 3.05) is 19.7 Å². The van der Waals surface area contributed by atoms with Gasteiger partial charge in [0, 0.05) is 19.7 Å². The van der Waals surface area contributed by atoms with Gasteiger partial charge in [0.1, 0.15) is 6.54 Å². The van der Waals surface area contributed by atoms with Crippen LogP contribution >= 0.6 is 11.3 Å². The normalized spacial score (nSPS) is 18.7. The number of carbonyl (C=O) groups excluding carboxylic acids is 1. The number of ether oxygens (including phenoxy) is 1. The Labute approximate surface area is 124 Å². The number of halogens is 3. The minimum absolute atomic E-state index is 0.0552. The van der Waals surface area contributed by atoms with Crippen molar-refractivity contribution < 1.29 is 22.7 Å². The maximum Gasteiger partial charge on any atom is 0.406 e. The van der Waals surface area contributed by atoms with Crippen molar-refractivity contribution in [1.82, 2.24) is 10.2 Å². The summed E-state index contributed by atoms with van der Waals surface area (Å²) in [5, 5.41) is 6.03. The van der Waals surface area contributed by atoms with Crippen LogP contribution in [0.2, 0.25) is 0 Å². The summed E-state index contributed by atoms with van der Waals surface area (Å²) >= 11 is 1.39. The van der Waals surface area contributed by atoms with E-state index in [0.29, 0.717) is 12.2 Å². The van der Waals surface area contributed by atoms with Crippen molar-refractivity contribution in [1.29, 1.82) is 0 Å². The zero-order valence-corrected chi connectivity index (χ0v) is 12.2. The molecule has 2 heterocycles. The quantitative estimate of drug-likeness (QED) is 0.905. The van der Waals surface area contributed by atoms with Crippen molar-refractivity contribution in [3.63, 3.8) is 0 Å². The highest BCUT2D eigenvalue weighted by Gasteiger charge is 2.33. The first-order valence-electron chi connectivity index (χ1n) is 6.66. The molecule has 1 fully saturated rings. The fourth-order valence-electron chi connectivity index (χ4n) is 2.14.